The van der Waals surface area contributed by atoms with Gasteiger partial charge >= 0.3 is 0 Å². The van der Waals surface area contributed by atoms with Crippen LogP contribution in [0.2, 0.25) is 0 Å². The van der Waals surface area contributed by atoms with Crippen molar-refractivity contribution in [3.63, 3.8) is 0 Å². The van der Waals surface area contributed by atoms with Crippen LogP contribution in [-0.2, 0) is 0 Å². The van der Waals surface area contributed by atoms with E-state index in [-0.39, 0.29) is 5.91 Å². The Balaban J connectivity index is 2.04. The second-order valence-electron chi connectivity index (χ2n) is 4.82. The summed E-state index contributed by atoms with van der Waals surface area (Å²) in [6, 6.07) is 1.81. The largest absolute Gasteiger partial charge is 0.388 e. The van der Waals surface area contributed by atoms with E-state index in [0.717, 1.165) is 33.9 Å². The highest BCUT2D eigenvalue weighted by Crippen LogP contribution is 2.34. The molecule has 18 heavy (non-hydrogen) atoms. The minimum atomic E-state index is -0.684. The smallest absolute Gasteiger partial charge is 0.263 e. The van der Waals surface area contributed by atoms with Crippen LogP contribution in [0.1, 0.15) is 35.4 Å². The van der Waals surface area contributed by atoms with E-state index in [9.17, 15) is 9.90 Å². The van der Waals surface area contributed by atoms with Gasteiger partial charge in [0.05, 0.1) is 14.3 Å². The Kier molecular flexibility index (Phi) is 4.52. The second kappa shape index (κ2) is 5.61. The topological polar surface area (TPSA) is 40.5 Å². The first-order valence-corrected chi connectivity index (χ1v) is 8.24. The van der Waals surface area contributed by atoms with Gasteiger partial charge in [-0.2, -0.15) is 0 Å². The molecule has 0 radical (unpaired) electrons. The highest BCUT2D eigenvalue weighted by molar-refractivity contribution is 9.13. The molecule has 1 aliphatic carbocycles. The van der Waals surface area contributed by atoms with Gasteiger partial charge in [0.2, 0.25) is 0 Å². The maximum absolute atomic E-state index is 12.2. The summed E-state index contributed by atoms with van der Waals surface area (Å²) in [5, 5.41) is 10.3. The van der Waals surface area contributed by atoms with Crippen molar-refractivity contribution in [2.24, 2.45) is 0 Å². The lowest BCUT2D eigenvalue weighted by Gasteiger charge is -2.28. The zero-order valence-corrected chi connectivity index (χ0v) is 14.1. The molecule has 6 heteroatoms. The molecule has 100 valence electrons. The summed E-state index contributed by atoms with van der Waals surface area (Å²) in [5.74, 6) is -0.0354. The molecule has 1 saturated carbocycles. The zero-order valence-electron chi connectivity index (χ0n) is 10.1. The molecular weight excluding hydrogens is 382 g/mol. The van der Waals surface area contributed by atoms with E-state index in [1.807, 2.05) is 6.07 Å². The van der Waals surface area contributed by atoms with Crippen molar-refractivity contribution in [1.29, 1.82) is 0 Å². The van der Waals surface area contributed by atoms with E-state index in [2.05, 4.69) is 31.9 Å². The van der Waals surface area contributed by atoms with Crippen LogP contribution in [0.5, 0.6) is 0 Å². The minimum absolute atomic E-state index is 0.0354. The Morgan fingerprint density at radius 2 is 2.11 bits per heavy atom. The van der Waals surface area contributed by atoms with Gasteiger partial charge in [-0.25, -0.2) is 0 Å². The Hall–Kier alpha value is 0.0900. The Bertz CT molecular complexity index is 435. The fraction of sp³-hybridized carbons (Fsp3) is 0.583. The van der Waals surface area contributed by atoms with E-state index >= 15 is 0 Å². The predicted octanol–water partition coefficient (Wildman–Crippen LogP) is 3.65. The lowest BCUT2D eigenvalue weighted by molar-refractivity contribution is 0.0158. The summed E-state index contributed by atoms with van der Waals surface area (Å²) in [6.07, 6.45) is 3.69. The Morgan fingerprint density at radius 3 is 2.61 bits per heavy atom. The number of carbonyl (C=O) groups is 1. The lowest BCUT2D eigenvalue weighted by atomic mass is 10.0. The van der Waals surface area contributed by atoms with Gasteiger partial charge in [0.15, 0.2) is 0 Å². The van der Waals surface area contributed by atoms with Gasteiger partial charge in [-0.3, -0.25) is 4.79 Å². The number of likely N-dealkylation sites (N-methyl/N-ethyl adjacent to an activating group) is 1. The summed E-state index contributed by atoms with van der Waals surface area (Å²) in [6.45, 7) is 0.416. The fourth-order valence-corrected chi connectivity index (χ4v) is 4.37. The molecule has 0 atom stereocenters. The van der Waals surface area contributed by atoms with Crippen molar-refractivity contribution in [2.45, 2.75) is 31.3 Å². The summed E-state index contributed by atoms with van der Waals surface area (Å²) >= 11 is 8.16. The SMILES string of the molecule is CN(CC1(O)CCCC1)C(=O)c1cc(Br)c(Br)s1. The third kappa shape index (κ3) is 3.15. The van der Waals surface area contributed by atoms with Crippen molar-refractivity contribution in [1.82, 2.24) is 4.90 Å². The maximum Gasteiger partial charge on any atom is 0.263 e. The first-order chi connectivity index (χ1) is 8.41. The van der Waals surface area contributed by atoms with Crippen molar-refractivity contribution >= 4 is 49.1 Å². The van der Waals surface area contributed by atoms with Crippen LogP contribution < -0.4 is 0 Å². The molecule has 0 saturated heterocycles. The van der Waals surface area contributed by atoms with Crippen LogP contribution in [0.3, 0.4) is 0 Å². The van der Waals surface area contributed by atoms with Crippen molar-refractivity contribution in [3.05, 3.63) is 19.2 Å². The molecule has 1 aliphatic rings. The van der Waals surface area contributed by atoms with Crippen LogP contribution in [0.4, 0.5) is 0 Å². The van der Waals surface area contributed by atoms with Crippen LogP contribution >= 0.6 is 43.2 Å². The van der Waals surface area contributed by atoms with Gasteiger partial charge < -0.3 is 10.0 Å². The molecule has 3 nitrogen and oxygen atoms in total. The lowest BCUT2D eigenvalue weighted by Crippen LogP contribution is -2.41. The normalized spacial score (nSPS) is 18.0. The highest BCUT2D eigenvalue weighted by atomic mass is 79.9. The molecule has 1 aromatic heterocycles. The number of hydrogen-bond acceptors (Lipinski definition) is 3. The molecule has 2 rings (SSSR count). The number of thiophene rings is 1. The molecule has 1 N–H and O–H groups in total. The molecule has 1 fully saturated rings. The van der Waals surface area contributed by atoms with Gasteiger partial charge in [-0.1, -0.05) is 12.8 Å². The summed E-state index contributed by atoms with van der Waals surface area (Å²) in [5.41, 5.74) is -0.684. The van der Waals surface area contributed by atoms with E-state index in [1.54, 1.807) is 11.9 Å². The Morgan fingerprint density at radius 1 is 1.50 bits per heavy atom. The van der Waals surface area contributed by atoms with Crippen LogP contribution in [0.25, 0.3) is 0 Å². The van der Waals surface area contributed by atoms with Gasteiger partial charge in [0, 0.05) is 18.1 Å². The zero-order chi connectivity index (χ0) is 13.3. The van der Waals surface area contributed by atoms with Crippen molar-refractivity contribution < 1.29 is 9.90 Å². The number of rotatable bonds is 3. The molecule has 0 bridgehead atoms. The van der Waals surface area contributed by atoms with Crippen molar-refractivity contribution in [3.8, 4) is 0 Å². The third-order valence-corrected chi connectivity index (χ3v) is 6.51. The van der Waals surface area contributed by atoms with Crippen molar-refractivity contribution in [2.75, 3.05) is 13.6 Å². The number of amides is 1. The molecule has 1 amide bonds. The summed E-state index contributed by atoms with van der Waals surface area (Å²) in [7, 11) is 1.75. The quantitative estimate of drug-likeness (QED) is 0.846. The van der Waals surface area contributed by atoms with E-state index in [0.29, 0.717) is 11.4 Å². The molecule has 0 spiro atoms. The first kappa shape index (κ1) is 14.5. The van der Waals surface area contributed by atoms with E-state index < -0.39 is 5.60 Å². The first-order valence-electron chi connectivity index (χ1n) is 5.84. The molecule has 0 unspecified atom stereocenters. The highest BCUT2D eigenvalue weighted by Gasteiger charge is 2.33. The van der Waals surface area contributed by atoms with Crippen LogP contribution in [-0.4, -0.2) is 35.1 Å². The molecular formula is C12H15Br2NO2S. The molecule has 1 heterocycles. The number of halogens is 2. The molecule has 1 aromatic rings. The van der Waals surface area contributed by atoms with Gasteiger partial charge in [-0.05, 0) is 50.8 Å². The summed E-state index contributed by atoms with van der Waals surface area (Å²) < 4.78 is 1.81. The molecule has 0 aromatic carbocycles. The fourth-order valence-electron chi connectivity index (χ4n) is 2.34. The Labute approximate surface area is 127 Å². The van der Waals surface area contributed by atoms with Gasteiger partial charge in [-0.15, -0.1) is 11.3 Å². The average Bonchev–Trinajstić information content (AvgIpc) is 2.86. The molecule has 0 aliphatic heterocycles. The number of carbonyl (C=O) groups excluding carboxylic acids is 1. The second-order valence-corrected chi connectivity index (χ2v) is 8.05. The van der Waals surface area contributed by atoms with E-state index in [1.165, 1.54) is 11.3 Å². The average molecular weight is 397 g/mol. The van der Waals surface area contributed by atoms with Crippen LogP contribution in [0, 0.1) is 0 Å². The number of aliphatic hydroxyl groups is 1. The third-order valence-electron chi connectivity index (χ3n) is 3.27. The van der Waals surface area contributed by atoms with Gasteiger partial charge in [0.1, 0.15) is 0 Å². The number of nitrogens with zero attached hydrogens (tertiary/aromatic N) is 1. The summed E-state index contributed by atoms with van der Waals surface area (Å²) in [4.78, 5) is 14.5. The maximum atomic E-state index is 12.2. The number of hydrogen-bond donors (Lipinski definition) is 1. The van der Waals surface area contributed by atoms with Crippen LogP contribution in [0.15, 0.2) is 14.3 Å². The monoisotopic (exact) mass is 395 g/mol. The van der Waals surface area contributed by atoms with Gasteiger partial charge in [0.25, 0.3) is 5.91 Å². The predicted molar refractivity (Wildman–Crippen MR) is 80.1 cm³/mol. The standard InChI is InChI=1S/C12H15Br2NO2S/c1-15(7-12(17)4-2-3-5-12)11(16)9-6-8(13)10(14)18-9/h6,17H,2-5,7H2,1H3. The minimum Gasteiger partial charge on any atom is -0.388 e. The van der Waals surface area contributed by atoms with E-state index in [4.69, 9.17) is 0 Å².